The lowest BCUT2D eigenvalue weighted by atomic mass is 9.82. The molecule has 0 saturated heterocycles. The second kappa shape index (κ2) is 9.23. The maximum Gasteiger partial charge on any atom is 0.161 e. The molecule has 0 aliphatic heterocycles. The van der Waals surface area contributed by atoms with E-state index < -0.39 is 0 Å². The number of hydrogen-bond acceptors (Lipinski definition) is 3. The van der Waals surface area contributed by atoms with Crippen molar-refractivity contribution < 1.29 is 14.3 Å². The van der Waals surface area contributed by atoms with Crippen molar-refractivity contribution in [2.45, 2.75) is 38.9 Å². The molecule has 0 unspecified atom stereocenters. The average molecular weight is 374 g/mol. The van der Waals surface area contributed by atoms with E-state index in [9.17, 15) is 4.79 Å². The highest BCUT2D eigenvalue weighted by atomic mass is 16.5. The lowest BCUT2D eigenvalue weighted by Gasteiger charge is -2.24. The lowest BCUT2D eigenvalue weighted by Crippen LogP contribution is -2.17. The van der Waals surface area contributed by atoms with Gasteiger partial charge in [-0.15, -0.1) is 0 Å². The summed E-state index contributed by atoms with van der Waals surface area (Å²) in [6.07, 6.45) is 1.42. The number of carbonyl (C=O) groups is 1. The van der Waals surface area contributed by atoms with Crippen molar-refractivity contribution in [1.29, 1.82) is 0 Å². The monoisotopic (exact) mass is 374 g/mol. The van der Waals surface area contributed by atoms with Crippen LogP contribution in [0.3, 0.4) is 0 Å². The Hall–Kier alpha value is -3.07. The van der Waals surface area contributed by atoms with E-state index >= 15 is 0 Å². The average Bonchev–Trinajstić information content (AvgIpc) is 2.72. The van der Waals surface area contributed by atoms with Gasteiger partial charge in [0.15, 0.2) is 11.5 Å². The molecular formula is C25H26O3. The molecule has 0 fully saturated rings. The van der Waals surface area contributed by atoms with Crippen molar-refractivity contribution in [3.05, 3.63) is 95.6 Å². The number of benzene rings is 3. The molecular weight excluding hydrogens is 348 g/mol. The standard InChI is InChI=1S/C25H26O3/c1-25(2,15-16-26)22-13-14-23(27-18-20-9-5-3-6-10-20)24(17-22)28-19-21-11-7-4-8-12-21/h3-14,16-17H,15,18-19H2,1-2H3. The van der Waals surface area contributed by atoms with Crippen molar-refractivity contribution in [2.75, 3.05) is 0 Å². The Morgan fingerprint density at radius 1 is 0.750 bits per heavy atom. The van der Waals surface area contributed by atoms with Crippen LogP contribution in [0.15, 0.2) is 78.9 Å². The Morgan fingerprint density at radius 3 is 1.82 bits per heavy atom. The van der Waals surface area contributed by atoms with E-state index in [1.165, 1.54) is 0 Å². The summed E-state index contributed by atoms with van der Waals surface area (Å²) in [5.41, 5.74) is 2.98. The molecule has 28 heavy (non-hydrogen) atoms. The van der Waals surface area contributed by atoms with Crippen molar-refractivity contribution in [2.24, 2.45) is 0 Å². The fourth-order valence-electron chi connectivity index (χ4n) is 2.96. The quantitative estimate of drug-likeness (QED) is 0.450. The lowest BCUT2D eigenvalue weighted by molar-refractivity contribution is -0.108. The Bertz CT molecular complexity index is 886. The molecule has 0 aliphatic carbocycles. The van der Waals surface area contributed by atoms with E-state index in [1.54, 1.807) is 0 Å². The third-order valence-corrected chi connectivity index (χ3v) is 4.79. The molecule has 3 heteroatoms. The normalized spacial score (nSPS) is 11.1. The van der Waals surface area contributed by atoms with Gasteiger partial charge in [0.2, 0.25) is 0 Å². The predicted octanol–water partition coefficient (Wildman–Crippen LogP) is 5.71. The zero-order valence-corrected chi connectivity index (χ0v) is 16.4. The summed E-state index contributed by atoms with van der Waals surface area (Å²) in [4.78, 5) is 11.1. The number of ether oxygens (including phenoxy) is 2. The van der Waals surface area contributed by atoms with E-state index in [-0.39, 0.29) is 5.41 Å². The molecule has 0 amide bonds. The summed E-state index contributed by atoms with van der Waals surface area (Å²) in [5, 5.41) is 0. The van der Waals surface area contributed by atoms with Crippen molar-refractivity contribution >= 4 is 6.29 Å². The minimum absolute atomic E-state index is 0.259. The molecule has 3 aromatic carbocycles. The summed E-state index contributed by atoms with van der Waals surface area (Å²) in [5.74, 6) is 1.39. The van der Waals surface area contributed by atoms with Crippen molar-refractivity contribution in [3.63, 3.8) is 0 Å². The molecule has 3 nitrogen and oxygen atoms in total. The topological polar surface area (TPSA) is 35.5 Å². The summed E-state index contributed by atoms with van der Waals surface area (Å²) in [6.45, 7) is 5.05. The molecule has 0 aliphatic rings. The van der Waals surface area contributed by atoms with Crippen LogP contribution in [-0.2, 0) is 23.4 Å². The first-order valence-corrected chi connectivity index (χ1v) is 9.50. The molecule has 0 aromatic heterocycles. The minimum atomic E-state index is -0.259. The third-order valence-electron chi connectivity index (χ3n) is 4.79. The van der Waals surface area contributed by atoms with Gasteiger partial charge in [0.25, 0.3) is 0 Å². The second-order valence-corrected chi connectivity index (χ2v) is 7.46. The number of aldehydes is 1. The van der Waals surface area contributed by atoms with E-state index in [1.807, 2.05) is 78.9 Å². The van der Waals surface area contributed by atoms with Crippen LogP contribution in [0.1, 0.15) is 37.0 Å². The fraction of sp³-hybridized carbons (Fsp3) is 0.240. The smallest absolute Gasteiger partial charge is 0.161 e. The summed E-state index contributed by atoms with van der Waals surface area (Å²) < 4.78 is 12.2. The second-order valence-electron chi connectivity index (χ2n) is 7.46. The van der Waals surface area contributed by atoms with E-state index in [0.29, 0.717) is 31.1 Å². The molecule has 0 atom stereocenters. The van der Waals surface area contributed by atoms with Gasteiger partial charge < -0.3 is 14.3 Å². The van der Waals surface area contributed by atoms with Crippen LogP contribution >= 0.6 is 0 Å². The Labute approximate surface area is 166 Å². The van der Waals surface area contributed by atoms with Crippen molar-refractivity contribution in [3.8, 4) is 11.5 Å². The summed E-state index contributed by atoms with van der Waals surface area (Å²) in [6, 6.07) is 26.0. The van der Waals surface area contributed by atoms with Crippen LogP contribution in [0.4, 0.5) is 0 Å². The first kappa shape index (κ1) is 19.7. The van der Waals surface area contributed by atoms with Gasteiger partial charge in [0.1, 0.15) is 19.5 Å². The molecule has 3 aromatic rings. The third kappa shape index (κ3) is 5.23. The van der Waals surface area contributed by atoms with Crippen LogP contribution in [0.2, 0.25) is 0 Å². The molecule has 3 rings (SSSR count). The maximum atomic E-state index is 11.1. The maximum absolute atomic E-state index is 11.1. The molecule has 0 bridgehead atoms. The van der Waals surface area contributed by atoms with Crippen LogP contribution in [0, 0.1) is 0 Å². The van der Waals surface area contributed by atoms with Gasteiger partial charge in [0, 0.05) is 6.42 Å². The van der Waals surface area contributed by atoms with Crippen LogP contribution in [-0.4, -0.2) is 6.29 Å². The first-order valence-electron chi connectivity index (χ1n) is 9.50. The van der Waals surface area contributed by atoms with Gasteiger partial charge in [0.05, 0.1) is 0 Å². The highest BCUT2D eigenvalue weighted by Gasteiger charge is 2.22. The molecule has 0 radical (unpaired) electrons. The number of hydrogen-bond donors (Lipinski definition) is 0. The summed E-state index contributed by atoms with van der Waals surface area (Å²) >= 11 is 0. The Morgan fingerprint density at radius 2 is 1.29 bits per heavy atom. The van der Waals surface area contributed by atoms with Gasteiger partial charge in [-0.25, -0.2) is 0 Å². The van der Waals surface area contributed by atoms with E-state index in [4.69, 9.17) is 9.47 Å². The molecule has 0 spiro atoms. The zero-order valence-electron chi connectivity index (χ0n) is 16.4. The molecule has 144 valence electrons. The Kier molecular flexibility index (Phi) is 6.49. The van der Waals surface area contributed by atoms with Gasteiger partial charge in [-0.05, 0) is 34.2 Å². The molecule has 0 heterocycles. The van der Waals surface area contributed by atoms with E-state index in [2.05, 4.69) is 13.8 Å². The van der Waals surface area contributed by atoms with Gasteiger partial charge in [-0.2, -0.15) is 0 Å². The highest BCUT2D eigenvalue weighted by Crippen LogP contribution is 2.35. The van der Waals surface area contributed by atoms with Crippen LogP contribution in [0.25, 0.3) is 0 Å². The molecule has 0 saturated carbocycles. The first-order chi connectivity index (χ1) is 13.6. The van der Waals surface area contributed by atoms with Crippen molar-refractivity contribution in [1.82, 2.24) is 0 Å². The fourth-order valence-corrected chi connectivity index (χ4v) is 2.96. The minimum Gasteiger partial charge on any atom is -0.485 e. The van der Waals surface area contributed by atoms with Crippen LogP contribution in [0.5, 0.6) is 11.5 Å². The Balaban J connectivity index is 1.83. The van der Waals surface area contributed by atoms with Gasteiger partial charge in [-0.3, -0.25) is 0 Å². The highest BCUT2D eigenvalue weighted by molar-refractivity contribution is 5.54. The largest absolute Gasteiger partial charge is 0.485 e. The zero-order chi connectivity index (χ0) is 19.8. The number of carbonyl (C=O) groups excluding carboxylic acids is 1. The molecule has 0 N–H and O–H groups in total. The van der Waals surface area contributed by atoms with Gasteiger partial charge >= 0.3 is 0 Å². The predicted molar refractivity (Wildman–Crippen MR) is 112 cm³/mol. The van der Waals surface area contributed by atoms with E-state index in [0.717, 1.165) is 23.0 Å². The summed E-state index contributed by atoms with van der Waals surface area (Å²) in [7, 11) is 0. The SMILES string of the molecule is CC(C)(CC=O)c1ccc(OCc2ccccc2)c(OCc2ccccc2)c1. The number of rotatable bonds is 9. The van der Waals surface area contributed by atoms with Gasteiger partial charge in [-0.1, -0.05) is 80.6 Å². The van der Waals surface area contributed by atoms with Crippen LogP contribution < -0.4 is 9.47 Å².